The third-order valence-corrected chi connectivity index (χ3v) is 1.81. The van der Waals surface area contributed by atoms with E-state index in [1.165, 1.54) is 18.2 Å². The van der Waals surface area contributed by atoms with Crippen molar-refractivity contribution >= 4 is 5.57 Å². The summed E-state index contributed by atoms with van der Waals surface area (Å²) in [4.78, 5) is 0. The maximum atomic E-state index is 9.41. The van der Waals surface area contributed by atoms with E-state index in [-0.39, 0.29) is 18.1 Å². The van der Waals surface area contributed by atoms with E-state index in [0.29, 0.717) is 11.1 Å². The minimum absolute atomic E-state index is 0.0159. The van der Waals surface area contributed by atoms with Crippen molar-refractivity contribution < 1.29 is 15.3 Å². The first-order chi connectivity index (χ1) is 6.16. The van der Waals surface area contributed by atoms with Gasteiger partial charge in [-0.3, -0.25) is 0 Å². The summed E-state index contributed by atoms with van der Waals surface area (Å²) in [6.45, 7) is 1.60. The van der Waals surface area contributed by atoms with Crippen LogP contribution < -0.4 is 0 Å². The molecule has 3 N–H and O–H groups in total. The third kappa shape index (κ3) is 2.00. The van der Waals surface area contributed by atoms with E-state index in [1.807, 2.05) is 0 Å². The van der Waals surface area contributed by atoms with E-state index in [0.717, 1.165) is 0 Å². The van der Waals surface area contributed by atoms with Crippen LogP contribution in [0.3, 0.4) is 0 Å². The molecule has 1 aromatic rings. The molecule has 13 heavy (non-hydrogen) atoms. The van der Waals surface area contributed by atoms with Crippen molar-refractivity contribution in [1.82, 2.24) is 0 Å². The Bertz CT molecular complexity index is 309. The minimum atomic E-state index is -0.112. The van der Waals surface area contributed by atoms with Crippen LogP contribution >= 0.6 is 0 Å². The highest BCUT2D eigenvalue weighted by Gasteiger charge is 2.07. The quantitative estimate of drug-likeness (QED) is 0.646. The first-order valence-electron chi connectivity index (χ1n) is 3.95. The molecule has 0 saturated carbocycles. The Labute approximate surface area is 76.6 Å². The van der Waals surface area contributed by atoms with Gasteiger partial charge in [-0.15, -0.1) is 0 Å². The van der Waals surface area contributed by atoms with E-state index in [9.17, 15) is 10.2 Å². The average molecular weight is 180 g/mol. The lowest BCUT2D eigenvalue weighted by atomic mass is 10.1. The highest BCUT2D eigenvalue weighted by molar-refractivity contribution is 5.73. The molecule has 0 saturated heterocycles. The highest BCUT2D eigenvalue weighted by Crippen LogP contribution is 2.32. The van der Waals surface area contributed by atoms with Crippen LogP contribution in [-0.4, -0.2) is 21.9 Å². The number of allylic oxidation sites excluding steroid dienone is 1. The molecule has 0 radical (unpaired) electrons. The van der Waals surface area contributed by atoms with Gasteiger partial charge in [0.15, 0.2) is 0 Å². The Hall–Kier alpha value is -1.48. The molecule has 70 valence electrons. The monoisotopic (exact) mass is 180 g/mol. The van der Waals surface area contributed by atoms with Crippen LogP contribution in [0.5, 0.6) is 11.5 Å². The fraction of sp³-hybridized carbons (Fsp3) is 0.200. The number of phenolic OH excluding ortho intramolecular Hbond substituents is 2. The number of aliphatic hydroxyl groups is 1. The zero-order valence-corrected chi connectivity index (χ0v) is 7.36. The first-order valence-corrected chi connectivity index (χ1v) is 3.95. The van der Waals surface area contributed by atoms with E-state index < -0.39 is 0 Å². The summed E-state index contributed by atoms with van der Waals surface area (Å²) in [5, 5.41) is 27.5. The van der Waals surface area contributed by atoms with Crippen molar-refractivity contribution in [2.24, 2.45) is 0 Å². The van der Waals surface area contributed by atoms with Gasteiger partial charge < -0.3 is 15.3 Å². The van der Waals surface area contributed by atoms with Crippen LogP contribution in [0, 0.1) is 0 Å². The van der Waals surface area contributed by atoms with Crippen LogP contribution in [0.4, 0.5) is 0 Å². The van der Waals surface area contributed by atoms with Gasteiger partial charge in [-0.05, 0) is 24.6 Å². The van der Waals surface area contributed by atoms with Gasteiger partial charge in [0, 0.05) is 0 Å². The molecule has 0 unspecified atom stereocenters. The Morgan fingerprint density at radius 2 is 1.85 bits per heavy atom. The molecule has 0 aromatic heterocycles. The molecule has 0 fully saturated rings. The van der Waals surface area contributed by atoms with E-state index in [1.54, 1.807) is 13.0 Å². The second-order valence-corrected chi connectivity index (χ2v) is 2.74. The molecule has 0 heterocycles. The number of rotatable bonds is 2. The van der Waals surface area contributed by atoms with E-state index >= 15 is 0 Å². The Kier molecular flexibility index (Phi) is 2.93. The molecule has 0 aliphatic heterocycles. The van der Waals surface area contributed by atoms with Crippen LogP contribution in [0.25, 0.3) is 5.57 Å². The standard InChI is InChI=1S/C10H12O3/c1-7(5-6-11)10-8(12)3-2-4-9(10)13/h2-5,11-13H,6H2,1H3/b7-5-. The molecule has 3 nitrogen and oxygen atoms in total. The fourth-order valence-electron chi connectivity index (χ4n) is 1.17. The van der Waals surface area contributed by atoms with Crippen molar-refractivity contribution in [3.05, 3.63) is 29.8 Å². The summed E-state index contributed by atoms with van der Waals surface area (Å²) >= 11 is 0. The lowest BCUT2D eigenvalue weighted by Crippen LogP contribution is -1.84. The molecule has 1 rings (SSSR count). The zero-order chi connectivity index (χ0) is 9.84. The SMILES string of the molecule is C/C(=C/CO)c1c(O)cccc1O. The molecule has 0 amide bonds. The second kappa shape index (κ2) is 3.96. The maximum Gasteiger partial charge on any atom is 0.126 e. The van der Waals surface area contributed by atoms with Crippen LogP contribution in [0.15, 0.2) is 24.3 Å². The summed E-state index contributed by atoms with van der Waals surface area (Å²) < 4.78 is 0. The summed E-state index contributed by atoms with van der Waals surface area (Å²) in [6, 6.07) is 4.54. The number of aliphatic hydroxyl groups excluding tert-OH is 1. The zero-order valence-electron chi connectivity index (χ0n) is 7.36. The number of phenols is 2. The number of aromatic hydroxyl groups is 2. The first kappa shape index (κ1) is 9.61. The van der Waals surface area contributed by atoms with Gasteiger partial charge in [-0.1, -0.05) is 12.1 Å². The van der Waals surface area contributed by atoms with Gasteiger partial charge in [0.1, 0.15) is 11.5 Å². The van der Waals surface area contributed by atoms with Gasteiger partial charge >= 0.3 is 0 Å². The molecular weight excluding hydrogens is 168 g/mol. The topological polar surface area (TPSA) is 60.7 Å². The lowest BCUT2D eigenvalue weighted by molar-refractivity contribution is 0.343. The van der Waals surface area contributed by atoms with Crippen molar-refractivity contribution in [3.63, 3.8) is 0 Å². The van der Waals surface area contributed by atoms with Gasteiger partial charge in [-0.25, -0.2) is 0 Å². The minimum Gasteiger partial charge on any atom is -0.507 e. The van der Waals surface area contributed by atoms with Crippen molar-refractivity contribution in [2.75, 3.05) is 6.61 Å². The summed E-state index contributed by atoms with van der Waals surface area (Å²) in [5.74, 6) is 0.0319. The predicted molar refractivity (Wildman–Crippen MR) is 50.5 cm³/mol. The molecule has 0 bridgehead atoms. The molecule has 1 aromatic carbocycles. The third-order valence-electron chi connectivity index (χ3n) is 1.81. The molecule has 0 spiro atoms. The maximum absolute atomic E-state index is 9.41. The normalized spacial score (nSPS) is 11.7. The van der Waals surface area contributed by atoms with Crippen LogP contribution in [-0.2, 0) is 0 Å². The Morgan fingerprint density at radius 1 is 1.31 bits per heavy atom. The lowest BCUT2D eigenvalue weighted by Gasteiger charge is -2.06. The largest absolute Gasteiger partial charge is 0.507 e. The smallest absolute Gasteiger partial charge is 0.126 e. The van der Waals surface area contributed by atoms with E-state index in [4.69, 9.17) is 5.11 Å². The fourth-order valence-corrected chi connectivity index (χ4v) is 1.17. The second-order valence-electron chi connectivity index (χ2n) is 2.74. The molecule has 0 atom stereocenters. The number of hydrogen-bond acceptors (Lipinski definition) is 3. The van der Waals surface area contributed by atoms with Gasteiger partial charge in [0.25, 0.3) is 0 Å². The Morgan fingerprint density at radius 3 is 2.31 bits per heavy atom. The summed E-state index contributed by atoms with van der Waals surface area (Å²) in [7, 11) is 0. The van der Waals surface area contributed by atoms with Crippen LogP contribution in [0.2, 0.25) is 0 Å². The van der Waals surface area contributed by atoms with E-state index in [2.05, 4.69) is 0 Å². The number of hydrogen-bond donors (Lipinski definition) is 3. The Balaban J connectivity index is 3.20. The molecule has 0 aliphatic carbocycles. The van der Waals surface area contributed by atoms with Crippen molar-refractivity contribution in [1.29, 1.82) is 0 Å². The van der Waals surface area contributed by atoms with Crippen molar-refractivity contribution in [3.8, 4) is 11.5 Å². The summed E-state index contributed by atoms with van der Waals surface area (Å²) in [5.41, 5.74) is 1.02. The van der Waals surface area contributed by atoms with Crippen molar-refractivity contribution in [2.45, 2.75) is 6.92 Å². The molecule has 0 aliphatic rings. The molecular formula is C10H12O3. The van der Waals surface area contributed by atoms with Gasteiger partial charge in [0.05, 0.1) is 12.2 Å². The predicted octanol–water partition coefficient (Wildman–Crippen LogP) is 1.49. The molecule has 3 heteroatoms. The van der Waals surface area contributed by atoms with Gasteiger partial charge in [0.2, 0.25) is 0 Å². The number of benzene rings is 1. The average Bonchev–Trinajstić information content (AvgIpc) is 2.04. The summed E-state index contributed by atoms with van der Waals surface area (Å²) in [6.07, 6.45) is 1.52. The van der Waals surface area contributed by atoms with Gasteiger partial charge in [-0.2, -0.15) is 0 Å². The highest BCUT2D eigenvalue weighted by atomic mass is 16.3. The van der Waals surface area contributed by atoms with Crippen LogP contribution in [0.1, 0.15) is 12.5 Å².